The highest BCUT2D eigenvalue weighted by molar-refractivity contribution is 14.0. The molecule has 0 amide bonds. The normalized spacial score (nSPS) is 11.2. The Balaban J connectivity index is 0.00000312. The van der Waals surface area contributed by atoms with E-state index in [0.717, 1.165) is 30.2 Å². The lowest BCUT2D eigenvalue weighted by molar-refractivity contribution is 0.729. The minimum atomic E-state index is 0. The lowest BCUT2D eigenvalue weighted by atomic mass is 10.1. The van der Waals surface area contributed by atoms with Gasteiger partial charge < -0.3 is 10.6 Å². The van der Waals surface area contributed by atoms with Crippen molar-refractivity contribution in [1.82, 2.24) is 20.4 Å². The van der Waals surface area contributed by atoms with Crippen molar-refractivity contribution in [2.45, 2.75) is 26.8 Å². The summed E-state index contributed by atoms with van der Waals surface area (Å²) in [6.07, 6.45) is 0.897. The predicted octanol–water partition coefficient (Wildman–Crippen LogP) is 3.87. The molecule has 0 saturated heterocycles. The van der Waals surface area contributed by atoms with E-state index in [9.17, 15) is 0 Å². The summed E-state index contributed by atoms with van der Waals surface area (Å²) in [7, 11) is 3.72. The van der Waals surface area contributed by atoms with Crippen LogP contribution in [0.15, 0.2) is 23.2 Å². The zero-order valence-corrected chi connectivity index (χ0v) is 18.7. The van der Waals surface area contributed by atoms with Crippen LogP contribution >= 0.6 is 47.2 Å². The molecule has 2 aromatic rings. The van der Waals surface area contributed by atoms with E-state index >= 15 is 0 Å². The molecule has 0 fully saturated rings. The van der Waals surface area contributed by atoms with Crippen molar-refractivity contribution in [3.63, 3.8) is 0 Å². The fourth-order valence-corrected chi connectivity index (χ4v) is 3.03. The van der Waals surface area contributed by atoms with Gasteiger partial charge in [0.1, 0.15) is 0 Å². The van der Waals surface area contributed by atoms with Crippen LogP contribution in [-0.2, 0) is 20.0 Å². The van der Waals surface area contributed by atoms with E-state index in [-0.39, 0.29) is 24.0 Å². The van der Waals surface area contributed by atoms with Crippen molar-refractivity contribution in [1.29, 1.82) is 0 Å². The van der Waals surface area contributed by atoms with Crippen LogP contribution in [0.3, 0.4) is 0 Å². The van der Waals surface area contributed by atoms with Crippen LogP contribution < -0.4 is 10.6 Å². The minimum Gasteiger partial charge on any atom is -0.356 e. The fourth-order valence-electron chi connectivity index (χ4n) is 2.55. The molecule has 0 radical (unpaired) electrons. The molecule has 0 aliphatic carbocycles. The van der Waals surface area contributed by atoms with E-state index in [1.807, 2.05) is 30.8 Å². The zero-order valence-electron chi connectivity index (χ0n) is 14.9. The van der Waals surface area contributed by atoms with E-state index < -0.39 is 0 Å². The van der Waals surface area contributed by atoms with Gasteiger partial charge in [-0.1, -0.05) is 29.3 Å². The number of nitrogens with one attached hydrogen (secondary N) is 2. The molecule has 0 aliphatic rings. The van der Waals surface area contributed by atoms with Gasteiger partial charge in [0.25, 0.3) is 0 Å². The Labute approximate surface area is 176 Å². The van der Waals surface area contributed by atoms with Gasteiger partial charge in [0.05, 0.1) is 5.69 Å². The molecule has 2 N–H and O–H groups in total. The van der Waals surface area contributed by atoms with E-state index in [0.29, 0.717) is 16.6 Å². The Hall–Kier alpha value is -0.990. The molecule has 1 heterocycles. The molecule has 0 bridgehead atoms. The third kappa shape index (κ3) is 6.04. The van der Waals surface area contributed by atoms with Crippen molar-refractivity contribution in [2.24, 2.45) is 12.0 Å². The molecule has 0 atom stereocenters. The summed E-state index contributed by atoms with van der Waals surface area (Å²) in [5, 5.41) is 12.3. The summed E-state index contributed by atoms with van der Waals surface area (Å²) in [4.78, 5) is 4.24. The molecule has 5 nitrogen and oxygen atoms in total. The Morgan fingerprint density at radius 2 is 1.96 bits per heavy atom. The number of halogens is 3. The number of rotatable bonds is 5. The van der Waals surface area contributed by atoms with Crippen molar-refractivity contribution in [3.05, 3.63) is 50.8 Å². The van der Waals surface area contributed by atoms with Crippen LogP contribution in [0.2, 0.25) is 10.0 Å². The van der Waals surface area contributed by atoms with Crippen molar-refractivity contribution in [3.8, 4) is 0 Å². The monoisotopic (exact) mass is 495 g/mol. The topological polar surface area (TPSA) is 54.2 Å². The second kappa shape index (κ2) is 10.2. The fraction of sp³-hybridized carbons (Fsp3) is 0.412. The van der Waals surface area contributed by atoms with E-state index in [4.69, 9.17) is 23.2 Å². The first-order valence-electron chi connectivity index (χ1n) is 7.80. The number of hydrogen-bond acceptors (Lipinski definition) is 2. The average molecular weight is 496 g/mol. The molecule has 0 aliphatic heterocycles. The molecule has 0 spiro atoms. The van der Waals surface area contributed by atoms with Gasteiger partial charge >= 0.3 is 0 Å². The Morgan fingerprint density at radius 1 is 1.24 bits per heavy atom. The lowest BCUT2D eigenvalue weighted by Gasteiger charge is -2.13. The molecule has 138 valence electrons. The van der Waals surface area contributed by atoms with Gasteiger partial charge in [-0.2, -0.15) is 5.10 Å². The molecular weight excluding hydrogens is 472 g/mol. The summed E-state index contributed by atoms with van der Waals surface area (Å²) >= 11 is 12.1. The quantitative estimate of drug-likeness (QED) is 0.376. The first kappa shape index (κ1) is 22.1. The Morgan fingerprint density at radius 3 is 2.52 bits per heavy atom. The molecule has 25 heavy (non-hydrogen) atoms. The van der Waals surface area contributed by atoms with Gasteiger partial charge in [0.15, 0.2) is 5.96 Å². The number of hydrogen-bond donors (Lipinski definition) is 2. The standard InChI is InChI=1S/C17H23Cl2N5.HI/c1-11-15(12(2)24(4)23-11)7-8-21-17(20-3)22-10-13-5-6-14(18)9-16(13)19;/h5-6,9H,7-8,10H2,1-4H3,(H2,20,21,22);1H. The maximum atomic E-state index is 6.18. The van der Waals surface area contributed by atoms with Gasteiger partial charge in [-0.25, -0.2) is 0 Å². The van der Waals surface area contributed by atoms with E-state index in [1.54, 1.807) is 13.1 Å². The number of benzene rings is 1. The van der Waals surface area contributed by atoms with Crippen LogP contribution in [0, 0.1) is 13.8 Å². The number of aliphatic imine (C=N–C) groups is 1. The maximum Gasteiger partial charge on any atom is 0.191 e. The van der Waals surface area contributed by atoms with Crippen molar-refractivity contribution >= 4 is 53.1 Å². The summed E-state index contributed by atoms with van der Waals surface area (Å²) in [5.41, 5.74) is 4.53. The van der Waals surface area contributed by atoms with Crippen molar-refractivity contribution in [2.75, 3.05) is 13.6 Å². The highest BCUT2D eigenvalue weighted by Gasteiger charge is 2.09. The lowest BCUT2D eigenvalue weighted by Crippen LogP contribution is -2.38. The van der Waals surface area contributed by atoms with Crippen LogP contribution in [0.5, 0.6) is 0 Å². The van der Waals surface area contributed by atoms with E-state index in [1.165, 1.54) is 11.3 Å². The van der Waals surface area contributed by atoms with E-state index in [2.05, 4.69) is 27.6 Å². The van der Waals surface area contributed by atoms with Crippen LogP contribution in [0.4, 0.5) is 0 Å². The SMILES string of the molecule is CN=C(NCCc1c(C)nn(C)c1C)NCc1ccc(Cl)cc1Cl.I. The molecule has 1 aromatic carbocycles. The van der Waals surface area contributed by atoms with Crippen LogP contribution in [-0.4, -0.2) is 29.3 Å². The molecule has 0 unspecified atom stereocenters. The molecule has 8 heteroatoms. The number of aryl methyl sites for hydroxylation is 2. The van der Waals surface area contributed by atoms with Crippen molar-refractivity contribution < 1.29 is 0 Å². The average Bonchev–Trinajstić information content (AvgIpc) is 2.78. The molecule has 0 saturated carbocycles. The van der Waals surface area contributed by atoms with Gasteiger partial charge in [-0.3, -0.25) is 9.67 Å². The number of nitrogens with zero attached hydrogens (tertiary/aromatic N) is 3. The summed E-state index contributed by atoms with van der Waals surface area (Å²) in [6.45, 7) is 5.49. The highest BCUT2D eigenvalue weighted by atomic mass is 127. The second-order valence-electron chi connectivity index (χ2n) is 5.61. The number of aromatic nitrogens is 2. The summed E-state index contributed by atoms with van der Waals surface area (Å²) in [6, 6.07) is 5.48. The Bertz CT molecular complexity index is 743. The smallest absolute Gasteiger partial charge is 0.191 e. The van der Waals surface area contributed by atoms with Gasteiger partial charge in [0, 0.05) is 42.9 Å². The van der Waals surface area contributed by atoms with Gasteiger partial charge in [-0.15, -0.1) is 24.0 Å². The third-order valence-electron chi connectivity index (χ3n) is 4.01. The summed E-state index contributed by atoms with van der Waals surface area (Å²) < 4.78 is 1.92. The van der Waals surface area contributed by atoms with Gasteiger partial charge in [-0.05, 0) is 43.5 Å². The zero-order chi connectivity index (χ0) is 17.7. The molecular formula is C17H24Cl2IN5. The third-order valence-corrected chi connectivity index (χ3v) is 4.60. The maximum absolute atomic E-state index is 6.18. The molecule has 1 aromatic heterocycles. The predicted molar refractivity (Wildman–Crippen MR) is 116 cm³/mol. The largest absolute Gasteiger partial charge is 0.356 e. The first-order chi connectivity index (χ1) is 11.4. The summed E-state index contributed by atoms with van der Waals surface area (Å²) in [5.74, 6) is 0.736. The first-order valence-corrected chi connectivity index (χ1v) is 8.55. The minimum absolute atomic E-state index is 0. The van der Waals surface area contributed by atoms with Gasteiger partial charge in [0.2, 0.25) is 0 Å². The van der Waals surface area contributed by atoms with Crippen LogP contribution in [0.1, 0.15) is 22.5 Å². The second-order valence-corrected chi connectivity index (χ2v) is 6.45. The molecule has 2 rings (SSSR count). The highest BCUT2D eigenvalue weighted by Crippen LogP contribution is 2.20. The Kier molecular flexibility index (Phi) is 9.02. The number of guanidine groups is 1. The van der Waals surface area contributed by atoms with Crippen LogP contribution in [0.25, 0.3) is 0 Å².